The first-order chi connectivity index (χ1) is 9.34. The van der Waals surface area contributed by atoms with Gasteiger partial charge in [0.1, 0.15) is 18.1 Å². The molecule has 0 aromatic heterocycles. The SMILES string of the molecule is COc1ccc(OCCNC(=O)[C@@H](N)C(C)(C)C)cc1. The Hall–Kier alpha value is -1.75. The van der Waals surface area contributed by atoms with Crippen LogP contribution in [0.25, 0.3) is 0 Å². The molecule has 0 heterocycles. The Bertz CT molecular complexity index is 424. The Balaban J connectivity index is 2.29. The van der Waals surface area contributed by atoms with Crippen molar-refractivity contribution >= 4 is 5.91 Å². The van der Waals surface area contributed by atoms with E-state index < -0.39 is 6.04 Å². The van der Waals surface area contributed by atoms with Crippen molar-refractivity contribution in [1.82, 2.24) is 5.32 Å². The lowest BCUT2D eigenvalue weighted by atomic mass is 9.87. The van der Waals surface area contributed by atoms with E-state index in [1.54, 1.807) is 7.11 Å². The Kier molecular flexibility index (Phi) is 5.82. The van der Waals surface area contributed by atoms with Gasteiger partial charge in [0.2, 0.25) is 5.91 Å². The van der Waals surface area contributed by atoms with Gasteiger partial charge < -0.3 is 20.5 Å². The van der Waals surface area contributed by atoms with E-state index >= 15 is 0 Å². The predicted octanol–water partition coefficient (Wildman–Crippen LogP) is 1.56. The van der Waals surface area contributed by atoms with E-state index in [9.17, 15) is 4.79 Å². The molecule has 0 aliphatic rings. The first kappa shape index (κ1) is 16.3. The molecule has 1 amide bonds. The van der Waals surface area contributed by atoms with Crippen LogP contribution in [-0.4, -0.2) is 32.2 Å². The molecule has 5 heteroatoms. The number of carbonyl (C=O) groups excluding carboxylic acids is 1. The fourth-order valence-electron chi connectivity index (χ4n) is 1.52. The molecule has 0 fully saturated rings. The molecule has 20 heavy (non-hydrogen) atoms. The van der Waals surface area contributed by atoms with Gasteiger partial charge in [-0.25, -0.2) is 0 Å². The average molecular weight is 280 g/mol. The lowest BCUT2D eigenvalue weighted by molar-refractivity contribution is -0.124. The number of nitrogens with two attached hydrogens (primary N) is 1. The zero-order chi connectivity index (χ0) is 15.2. The van der Waals surface area contributed by atoms with E-state index in [-0.39, 0.29) is 11.3 Å². The Morgan fingerprint density at radius 1 is 1.25 bits per heavy atom. The van der Waals surface area contributed by atoms with Crippen LogP contribution < -0.4 is 20.5 Å². The third-order valence-electron chi connectivity index (χ3n) is 2.94. The highest BCUT2D eigenvalue weighted by atomic mass is 16.5. The molecule has 0 unspecified atom stereocenters. The molecule has 3 N–H and O–H groups in total. The van der Waals surface area contributed by atoms with Crippen LogP contribution in [0.5, 0.6) is 11.5 Å². The van der Waals surface area contributed by atoms with Crippen molar-refractivity contribution in [2.75, 3.05) is 20.3 Å². The molecular weight excluding hydrogens is 256 g/mol. The maximum atomic E-state index is 11.8. The topological polar surface area (TPSA) is 73.6 Å². The van der Waals surface area contributed by atoms with Gasteiger partial charge in [-0.3, -0.25) is 4.79 Å². The summed E-state index contributed by atoms with van der Waals surface area (Å²) in [5.41, 5.74) is 5.60. The van der Waals surface area contributed by atoms with Crippen molar-refractivity contribution in [3.8, 4) is 11.5 Å². The van der Waals surface area contributed by atoms with E-state index in [2.05, 4.69) is 5.32 Å². The molecule has 5 nitrogen and oxygen atoms in total. The summed E-state index contributed by atoms with van der Waals surface area (Å²) in [6, 6.07) is 6.76. The predicted molar refractivity (Wildman–Crippen MR) is 78.9 cm³/mol. The second kappa shape index (κ2) is 7.14. The summed E-state index contributed by atoms with van der Waals surface area (Å²) in [5.74, 6) is 1.36. The number of nitrogens with one attached hydrogen (secondary N) is 1. The maximum Gasteiger partial charge on any atom is 0.237 e. The average Bonchev–Trinajstić information content (AvgIpc) is 2.42. The number of hydrogen-bond acceptors (Lipinski definition) is 4. The van der Waals surface area contributed by atoms with Gasteiger partial charge >= 0.3 is 0 Å². The molecular formula is C15H24N2O3. The molecule has 0 saturated heterocycles. The van der Waals surface area contributed by atoms with Gasteiger partial charge in [0.05, 0.1) is 19.7 Å². The largest absolute Gasteiger partial charge is 0.497 e. The van der Waals surface area contributed by atoms with Crippen LogP contribution in [0, 0.1) is 5.41 Å². The molecule has 0 radical (unpaired) electrons. The monoisotopic (exact) mass is 280 g/mol. The molecule has 112 valence electrons. The van der Waals surface area contributed by atoms with Gasteiger partial charge in [-0.2, -0.15) is 0 Å². The molecule has 1 atom stereocenters. The van der Waals surface area contributed by atoms with Crippen molar-refractivity contribution in [3.05, 3.63) is 24.3 Å². The molecule has 0 aliphatic heterocycles. The van der Waals surface area contributed by atoms with Crippen molar-refractivity contribution in [1.29, 1.82) is 0 Å². The summed E-state index contributed by atoms with van der Waals surface area (Å²) in [6.07, 6.45) is 0. The number of ether oxygens (including phenoxy) is 2. The molecule has 0 aliphatic carbocycles. The molecule has 1 aromatic rings. The first-order valence-electron chi connectivity index (χ1n) is 6.64. The Labute approximate surface area is 120 Å². The standard InChI is InChI=1S/C15H24N2O3/c1-15(2,3)13(16)14(18)17-9-10-20-12-7-5-11(19-4)6-8-12/h5-8,13H,9-10,16H2,1-4H3,(H,17,18)/t13-/m1/s1. The summed E-state index contributed by atoms with van der Waals surface area (Å²) in [5, 5.41) is 2.77. The third-order valence-corrected chi connectivity index (χ3v) is 2.94. The van der Waals surface area contributed by atoms with Gasteiger partial charge in [0.15, 0.2) is 0 Å². The lowest BCUT2D eigenvalue weighted by Crippen LogP contribution is -2.49. The smallest absolute Gasteiger partial charge is 0.237 e. The van der Waals surface area contributed by atoms with Crippen LogP contribution in [0.2, 0.25) is 0 Å². The highest BCUT2D eigenvalue weighted by Gasteiger charge is 2.26. The minimum Gasteiger partial charge on any atom is -0.497 e. The summed E-state index contributed by atoms with van der Waals surface area (Å²) in [7, 11) is 1.61. The fourth-order valence-corrected chi connectivity index (χ4v) is 1.52. The van der Waals surface area contributed by atoms with Gasteiger partial charge in [-0.15, -0.1) is 0 Å². The number of carbonyl (C=O) groups is 1. The van der Waals surface area contributed by atoms with E-state index in [0.717, 1.165) is 11.5 Å². The Morgan fingerprint density at radius 3 is 2.30 bits per heavy atom. The lowest BCUT2D eigenvalue weighted by Gasteiger charge is -2.25. The number of hydrogen-bond donors (Lipinski definition) is 2. The third kappa shape index (κ3) is 5.09. The highest BCUT2D eigenvalue weighted by molar-refractivity contribution is 5.82. The summed E-state index contributed by atoms with van der Waals surface area (Å²) < 4.78 is 10.6. The van der Waals surface area contributed by atoms with Crippen LogP contribution in [0.15, 0.2) is 24.3 Å². The summed E-state index contributed by atoms with van der Waals surface area (Å²) in [4.78, 5) is 11.8. The van der Waals surface area contributed by atoms with E-state index in [4.69, 9.17) is 15.2 Å². The number of benzene rings is 1. The van der Waals surface area contributed by atoms with Gasteiger partial charge in [-0.1, -0.05) is 20.8 Å². The van der Waals surface area contributed by atoms with Crippen LogP contribution in [0.4, 0.5) is 0 Å². The van der Waals surface area contributed by atoms with E-state index in [1.807, 2.05) is 45.0 Å². The molecule has 0 bridgehead atoms. The van der Waals surface area contributed by atoms with Crippen molar-refractivity contribution in [3.63, 3.8) is 0 Å². The van der Waals surface area contributed by atoms with E-state index in [0.29, 0.717) is 13.2 Å². The second-order valence-electron chi connectivity index (χ2n) is 5.66. The highest BCUT2D eigenvalue weighted by Crippen LogP contribution is 2.17. The number of methoxy groups -OCH3 is 1. The maximum absolute atomic E-state index is 11.8. The first-order valence-corrected chi connectivity index (χ1v) is 6.64. The number of amides is 1. The van der Waals surface area contributed by atoms with Crippen molar-refractivity contribution < 1.29 is 14.3 Å². The quantitative estimate of drug-likeness (QED) is 0.776. The summed E-state index contributed by atoms with van der Waals surface area (Å²) in [6.45, 7) is 6.63. The van der Waals surface area contributed by atoms with Gasteiger partial charge in [-0.05, 0) is 29.7 Å². The minimum absolute atomic E-state index is 0.157. The summed E-state index contributed by atoms with van der Waals surface area (Å²) >= 11 is 0. The molecule has 1 aromatic carbocycles. The molecule has 1 rings (SSSR count). The molecule has 0 saturated carbocycles. The van der Waals surface area contributed by atoms with Gasteiger partial charge in [0.25, 0.3) is 0 Å². The number of rotatable bonds is 6. The fraction of sp³-hybridized carbons (Fsp3) is 0.533. The zero-order valence-electron chi connectivity index (χ0n) is 12.6. The van der Waals surface area contributed by atoms with Crippen LogP contribution in [0.3, 0.4) is 0 Å². The minimum atomic E-state index is -0.525. The van der Waals surface area contributed by atoms with Crippen LogP contribution >= 0.6 is 0 Å². The molecule has 0 spiro atoms. The van der Waals surface area contributed by atoms with Gasteiger partial charge in [0, 0.05) is 0 Å². The van der Waals surface area contributed by atoms with Crippen LogP contribution in [-0.2, 0) is 4.79 Å². The van der Waals surface area contributed by atoms with Crippen molar-refractivity contribution in [2.45, 2.75) is 26.8 Å². The van der Waals surface area contributed by atoms with E-state index in [1.165, 1.54) is 0 Å². The van der Waals surface area contributed by atoms with Crippen LogP contribution in [0.1, 0.15) is 20.8 Å². The second-order valence-corrected chi connectivity index (χ2v) is 5.66. The zero-order valence-corrected chi connectivity index (χ0v) is 12.6. The van der Waals surface area contributed by atoms with Crippen molar-refractivity contribution in [2.24, 2.45) is 11.1 Å². The Morgan fingerprint density at radius 2 is 1.80 bits per heavy atom. The normalized spacial score (nSPS) is 12.7.